The molecule has 6 nitrogen and oxygen atoms in total. The molecule has 0 aliphatic carbocycles. The summed E-state index contributed by atoms with van der Waals surface area (Å²) in [7, 11) is 3.37. The molecule has 1 unspecified atom stereocenters. The number of nitrogens with zero attached hydrogens (tertiary/aromatic N) is 3. The molecule has 178 valence electrons. The molecular formula is C28H33N3O3. The maximum Gasteiger partial charge on any atom is 0.227 e. The predicted molar refractivity (Wildman–Crippen MR) is 135 cm³/mol. The smallest absolute Gasteiger partial charge is 0.227 e. The summed E-state index contributed by atoms with van der Waals surface area (Å²) in [5.41, 5.74) is 3.93. The molecule has 2 aromatic carbocycles. The highest BCUT2D eigenvalue weighted by atomic mass is 16.7. The summed E-state index contributed by atoms with van der Waals surface area (Å²) in [5.74, 6) is 2.90. The van der Waals surface area contributed by atoms with E-state index >= 15 is 0 Å². The summed E-state index contributed by atoms with van der Waals surface area (Å²) in [5, 5.41) is 4.70. The van der Waals surface area contributed by atoms with Crippen LogP contribution < -0.4 is 9.47 Å². The fraction of sp³-hybridized carbons (Fsp3) is 0.393. The molecule has 2 aromatic rings. The van der Waals surface area contributed by atoms with Gasteiger partial charge in [-0.15, -0.1) is 0 Å². The number of oxime groups is 1. The molecule has 4 aliphatic rings. The summed E-state index contributed by atoms with van der Waals surface area (Å²) in [6.45, 7) is 9.73. The zero-order valence-corrected chi connectivity index (χ0v) is 20.3. The molecule has 0 amide bonds. The van der Waals surface area contributed by atoms with Crippen molar-refractivity contribution in [1.29, 1.82) is 0 Å². The minimum Gasteiger partial charge on any atom is -0.497 e. The second kappa shape index (κ2) is 9.18. The van der Waals surface area contributed by atoms with Crippen LogP contribution in [0.5, 0.6) is 11.5 Å². The van der Waals surface area contributed by atoms with Gasteiger partial charge in [0.2, 0.25) is 5.72 Å². The maximum absolute atomic E-state index is 6.38. The van der Waals surface area contributed by atoms with Crippen LogP contribution in [0.3, 0.4) is 0 Å². The van der Waals surface area contributed by atoms with E-state index in [1.165, 1.54) is 0 Å². The zero-order chi connectivity index (χ0) is 23.7. The van der Waals surface area contributed by atoms with Gasteiger partial charge in [-0.25, -0.2) is 0 Å². The quantitative estimate of drug-likeness (QED) is 0.551. The van der Waals surface area contributed by atoms with Crippen LogP contribution in [0, 0.1) is 5.92 Å². The van der Waals surface area contributed by atoms with Crippen molar-refractivity contribution in [3.8, 4) is 11.5 Å². The van der Waals surface area contributed by atoms with Gasteiger partial charge in [0.05, 0.1) is 27.3 Å². The molecule has 0 N–H and O–H groups in total. The van der Waals surface area contributed by atoms with E-state index in [0.29, 0.717) is 12.5 Å². The maximum atomic E-state index is 6.38. The Kier molecular flexibility index (Phi) is 6.09. The minimum atomic E-state index is -0.453. The third-order valence-electron chi connectivity index (χ3n) is 7.51. The van der Waals surface area contributed by atoms with Crippen LogP contribution in [-0.2, 0) is 11.4 Å². The highest BCUT2D eigenvalue weighted by Gasteiger charge is 2.57. The summed E-state index contributed by atoms with van der Waals surface area (Å²) in [4.78, 5) is 11.3. The number of rotatable bonds is 7. The Hall–Kier alpha value is -3.25. The number of fused-ring (bicyclic) bond motifs is 2. The van der Waals surface area contributed by atoms with Crippen LogP contribution in [-0.4, -0.2) is 55.2 Å². The first-order valence-electron chi connectivity index (χ1n) is 12.0. The third-order valence-corrected chi connectivity index (χ3v) is 7.51. The van der Waals surface area contributed by atoms with Gasteiger partial charge < -0.3 is 19.2 Å². The van der Waals surface area contributed by atoms with Crippen LogP contribution in [0.15, 0.2) is 66.4 Å². The van der Waals surface area contributed by atoms with Gasteiger partial charge in [-0.2, -0.15) is 0 Å². The molecule has 4 heterocycles. The van der Waals surface area contributed by atoms with Gasteiger partial charge in [-0.05, 0) is 56.1 Å². The van der Waals surface area contributed by atoms with E-state index in [1.54, 1.807) is 14.2 Å². The molecule has 0 aromatic heterocycles. The monoisotopic (exact) mass is 459 g/mol. The van der Waals surface area contributed by atoms with E-state index in [9.17, 15) is 0 Å². The first kappa shape index (κ1) is 22.5. The van der Waals surface area contributed by atoms with E-state index in [2.05, 4.69) is 52.8 Å². The van der Waals surface area contributed by atoms with Crippen molar-refractivity contribution in [2.24, 2.45) is 11.1 Å². The molecule has 2 bridgehead atoms. The normalized spacial score (nSPS) is 25.8. The van der Waals surface area contributed by atoms with Crippen LogP contribution in [0.1, 0.15) is 36.5 Å². The second-order valence-corrected chi connectivity index (χ2v) is 9.19. The van der Waals surface area contributed by atoms with Gasteiger partial charge in [0.15, 0.2) is 5.84 Å². The number of benzene rings is 2. The SMILES string of the molecule is C=CC(=CC)c1ccc(C2=NOC3(CN4CCC3CC4)N2Cc2ccc(OC)cc2OC)cc1. The van der Waals surface area contributed by atoms with Crippen LogP contribution in [0.4, 0.5) is 0 Å². The molecule has 0 radical (unpaired) electrons. The Labute approximate surface area is 202 Å². The summed E-state index contributed by atoms with van der Waals surface area (Å²) >= 11 is 0. The van der Waals surface area contributed by atoms with Gasteiger partial charge in [0, 0.05) is 23.1 Å². The number of allylic oxidation sites excluding steroid dienone is 3. The first-order valence-corrected chi connectivity index (χ1v) is 12.0. The Bertz CT molecular complexity index is 1120. The molecule has 6 rings (SSSR count). The van der Waals surface area contributed by atoms with E-state index in [4.69, 9.17) is 19.5 Å². The lowest BCUT2D eigenvalue weighted by atomic mass is 9.79. The molecule has 1 atom stereocenters. The van der Waals surface area contributed by atoms with Gasteiger partial charge in [-0.1, -0.05) is 48.2 Å². The third kappa shape index (κ3) is 3.76. The molecule has 0 saturated carbocycles. The van der Waals surface area contributed by atoms with Crippen LogP contribution in [0.25, 0.3) is 5.57 Å². The first-order chi connectivity index (χ1) is 16.6. The Morgan fingerprint density at radius 1 is 1.15 bits per heavy atom. The average Bonchev–Trinajstić information content (AvgIpc) is 3.23. The molecule has 1 spiro atoms. The molecule has 6 heteroatoms. The molecule has 34 heavy (non-hydrogen) atoms. The van der Waals surface area contributed by atoms with E-state index < -0.39 is 5.72 Å². The predicted octanol–water partition coefficient (Wildman–Crippen LogP) is 4.91. The number of hydrogen-bond acceptors (Lipinski definition) is 6. The topological polar surface area (TPSA) is 46.5 Å². The van der Waals surface area contributed by atoms with Crippen molar-refractivity contribution in [2.45, 2.75) is 32.0 Å². The lowest BCUT2D eigenvalue weighted by molar-refractivity contribution is -0.198. The number of piperidine rings is 3. The van der Waals surface area contributed by atoms with Gasteiger partial charge in [-0.3, -0.25) is 4.90 Å². The van der Waals surface area contributed by atoms with Crippen molar-refractivity contribution in [3.05, 3.63) is 77.9 Å². The van der Waals surface area contributed by atoms with E-state index in [1.807, 2.05) is 25.1 Å². The van der Waals surface area contributed by atoms with Crippen LogP contribution >= 0.6 is 0 Å². The van der Waals surface area contributed by atoms with Gasteiger partial charge in [0.25, 0.3) is 0 Å². The Morgan fingerprint density at radius 2 is 1.91 bits per heavy atom. The van der Waals surface area contributed by atoms with Crippen molar-refractivity contribution >= 4 is 11.4 Å². The Balaban J connectivity index is 1.52. The fourth-order valence-electron chi connectivity index (χ4n) is 5.59. The van der Waals surface area contributed by atoms with Gasteiger partial charge >= 0.3 is 0 Å². The lowest BCUT2D eigenvalue weighted by Gasteiger charge is -2.53. The van der Waals surface area contributed by atoms with Crippen molar-refractivity contribution in [2.75, 3.05) is 33.9 Å². The number of methoxy groups -OCH3 is 2. The second-order valence-electron chi connectivity index (χ2n) is 9.19. The molecular weight excluding hydrogens is 426 g/mol. The summed E-state index contributed by atoms with van der Waals surface area (Å²) in [6.07, 6.45) is 6.21. The van der Waals surface area contributed by atoms with E-state index in [-0.39, 0.29) is 0 Å². The van der Waals surface area contributed by atoms with Crippen molar-refractivity contribution in [3.63, 3.8) is 0 Å². The zero-order valence-electron chi connectivity index (χ0n) is 20.3. The standard InChI is InChI=1S/C28H33N3O3/c1-5-20(6-2)21-7-9-22(10-8-21)27-29-34-28(19-30-15-13-24(28)14-16-30)31(27)18-23-11-12-25(32-3)17-26(23)33-4/h5-12,17,24H,1,13-16,18-19H2,2-4H3. The minimum absolute atomic E-state index is 0.442. The van der Waals surface area contributed by atoms with Crippen LogP contribution in [0.2, 0.25) is 0 Å². The molecule has 3 fully saturated rings. The molecule has 4 aliphatic heterocycles. The number of amidine groups is 1. The highest BCUT2D eigenvalue weighted by Crippen LogP contribution is 2.45. The highest BCUT2D eigenvalue weighted by molar-refractivity contribution is 6.00. The number of hydrogen-bond donors (Lipinski definition) is 0. The Morgan fingerprint density at radius 3 is 2.50 bits per heavy atom. The molecule has 3 saturated heterocycles. The summed E-state index contributed by atoms with van der Waals surface area (Å²) in [6, 6.07) is 14.5. The lowest BCUT2D eigenvalue weighted by Crippen LogP contribution is -2.66. The van der Waals surface area contributed by atoms with Crippen molar-refractivity contribution in [1.82, 2.24) is 9.80 Å². The van der Waals surface area contributed by atoms with Gasteiger partial charge in [0.1, 0.15) is 11.5 Å². The van der Waals surface area contributed by atoms with Crippen molar-refractivity contribution < 1.29 is 14.3 Å². The van der Waals surface area contributed by atoms with E-state index in [0.717, 1.165) is 72.1 Å². The number of ether oxygens (including phenoxy) is 2. The largest absolute Gasteiger partial charge is 0.497 e. The average molecular weight is 460 g/mol. The fourth-order valence-corrected chi connectivity index (χ4v) is 5.59. The summed E-state index contributed by atoms with van der Waals surface area (Å²) < 4.78 is 11.1.